The molecular weight excluding hydrogens is 372 g/mol. The lowest BCUT2D eigenvalue weighted by Crippen LogP contribution is -2.15. The number of benzene rings is 2. The highest BCUT2D eigenvalue weighted by Gasteiger charge is 2.22. The number of rotatable bonds is 4. The van der Waals surface area contributed by atoms with Crippen molar-refractivity contribution in [1.82, 2.24) is 24.1 Å². The third kappa shape index (κ3) is 3.00. The van der Waals surface area contributed by atoms with Crippen LogP contribution in [0.3, 0.4) is 0 Å². The summed E-state index contributed by atoms with van der Waals surface area (Å²) >= 11 is 0. The van der Waals surface area contributed by atoms with Crippen LogP contribution < -0.4 is 5.32 Å². The summed E-state index contributed by atoms with van der Waals surface area (Å²) in [6.07, 6.45) is 2.91. The van der Waals surface area contributed by atoms with Gasteiger partial charge in [-0.05, 0) is 29.7 Å². The second kappa shape index (κ2) is 6.83. The second-order valence-electron chi connectivity index (χ2n) is 8.81. The SMILES string of the molecule is Cn1c(CCNc2cccc3ccn4c(C(C)(C)C)nnc4c23)nc2ccccc21. The van der Waals surface area contributed by atoms with Crippen LogP contribution in [0.4, 0.5) is 5.69 Å². The van der Waals surface area contributed by atoms with Crippen molar-refractivity contribution in [3.63, 3.8) is 0 Å². The summed E-state index contributed by atoms with van der Waals surface area (Å²) in [7, 11) is 2.08. The van der Waals surface area contributed by atoms with Gasteiger partial charge in [-0.1, -0.05) is 45.0 Å². The normalized spacial score (nSPS) is 12.3. The van der Waals surface area contributed by atoms with Gasteiger partial charge in [-0.2, -0.15) is 0 Å². The first-order valence-corrected chi connectivity index (χ1v) is 10.3. The number of aryl methyl sites for hydroxylation is 1. The number of pyridine rings is 1. The molecule has 152 valence electrons. The Labute approximate surface area is 175 Å². The fourth-order valence-corrected chi connectivity index (χ4v) is 4.10. The zero-order valence-corrected chi connectivity index (χ0v) is 17.8. The molecule has 2 aromatic carbocycles. The van der Waals surface area contributed by atoms with Gasteiger partial charge >= 0.3 is 0 Å². The van der Waals surface area contributed by atoms with E-state index < -0.39 is 0 Å². The van der Waals surface area contributed by atoms with Crippen molar-refractivity contribution in [2.45, 2.75) is 32.6 Å². The standard InChI is InChI=1S/C24H26N6/c1-24(2,3)23-28-27-22-21-16(13-15-30(22)23)8-7-10-18(21)25-14-12-20-26-17-9-5-6-11-19(17)29(20)4/h5-11,13,15,25H,12,14H2,1-4H3. The predicted octanol–water partition coefficient (Wildman–Crippen LogP) is 4.72. The molecule has 0 saturated carbocycles. The summed E-state index contributed by atoms with van der Waals surface area (Å²) in [6, 6.07) is 16.7. The molecule has 0 saturated heterocycles. The maximum absolute atomic E-state index is 4.78. The molecule has 0 aliphatic rings. The molecule has 0 fully saturated rings. The van der Waals surface area contributed by atoms with Crippen LogP contribution >= 0.6 is 0 Å². The van der Waals surface area contributed by atoms with Crippen LogP contribution in [0.25, 0.3) is 27.5 Å². The summed E-state index contributed by atoms with van der Waals surface area (Å²) in [6.45, 7) is 7.27. The fraction of sp³-hybridized carbons (Fsp3) is 0.292. The summed E-state index contributed by atoms with van der Waals surface area (Å²) in [5, 5.41) is 14.9. The largest absolute Gasteiger partial charge is 0.384 e. The second-order valence-corrected chi connectivity index (χ2v) is 8.81. The molecule has 30 heavy (non-hydrogen) atoms. The molecule has 6 heteroatoms. The zero-order valence-electron chi connectivity index (χ0n) is 17.8. The minimum absolute atomic E-state index is 0.0737. The summed E-state index contributed by atoms with van der Waals surface area (Å²) < 4.78 is 4.28. The monoisotopic (exact) mass is 398 g/mol. The first-order valence-electron chi connectivity index (χ1n) is 10.3. The molecule has 0 aliphatic carbocycles. The quantitative estimate of drug-likeness (QED) is 0.476. The maximum atomic E-state index is 4.78. The Bertz CT molecular complexity index is 1370. The van der Waals surface area contributed by atoms with E-state index in [2.05, 4.69) is 101 Å². The minimum Gasteiger partial charge on any atom is -0.384 e. The first kappa shape index (κ1) is 18.6. The number of hydrogen-bond donors (Lipinski definition) is 1. The number of para-hydroxylation sites is 2. The molecule has 0 unspecified atom stereocenters. The van der Waals surface area contributed by atoms with E-state index >= 15 is 0 Å². The van der Waals surface area contributed by atoms with Crippen molar-refractivity contribution in [3.05, 3.63) is 66.4 Å². The predicted molar refractivity (Wildman–Crippen MR) is 122 cm³/mol. The Balaban J connectivity index is 1.48. The molecule has 0 radical (unpaired) electrons. The highest BCUT2D eigenvalue weighted by atomic mass is 15.3. The zero-order chi connectivity index (χ0) is 20.9. The molecule has 0 atom stereocenters. The van der Waals surface area contributed by atoms with Gasteiger partial charge in [-0.15, -0.1) is 10.2 Å². The Kier molecular flexibility index (Phi) is 4.24. The number of hydrogen-bond acceptors (Lipinski definition) is 4. The van der Waals surface area contributed by atoms with Crippen LogP contribution in [0.15, 0.2) is 54.7 Å². The van der Waals surface area contributed by atoms with Crippen molar-refractivity contribution < 1.29 is 0 Å². The lowest BCUT2D eigenvalue weighted by Gasteiger charge is -2.16. The molecule has 5 aromatic rings. The molecular formula is C24H26N6. The van der Waals surface area contributed by atoms with Crippen molar-refractivity contribution in [3.8, 4) is 0 Å². The summed E-state index contributed by atoms with van der Waals surface area (Å²) in [5.74, 6) is 2.04. The fourth-order valence-electron chi connectivity index (χ4n) is 4.10. The molecule has 5 rings (SSSR count). The van der Waals surface area contributed by atoms with E-state index in [0.717, 1.165) is 57.8 Å². The summed E-state index contributed by atoms with van der Waals surface area (Å²) in [5.41, 5.74) is 4.10. The highest BCUT2D eigenvalue weighted by Crippen LogP contribution is 2.30. The van der Waals surface area contributed by atoms with Crippen molar-refractivity contribution in [2.24, 2.45) is 7.05 Å². The number of nitrogens with one attached hydrogen (secondary N) is 1. The smallest absolute Gasteiger partial charge is 0.170 e. The topological polar surface area (TPSA) is 60.0 Å². The minimum atomic E-state index is -0.0737. The third-order valence-corrected chi connectivity index (χ3v) is 5.63. The number of nitrogens with zero attached hydrogens (tertiary/aromatic N) is 5. The Morgan fingerprint density at radius 1 is 0.967 bits per heavy atom. The van der Waals surface area contributed by atoms with E-state index in [1.807, 2.05) is 6.07 Å². The van der Waals surface area contributed by atoms with Crippen LogP contribution in [-0.4, -0.2) is 30.7 Å². The van der Waals surface area contributed by atoms with E-state index in [1.54, 1.807) is 0 Å². The molecule has 1 N–H and O–H groups in total. The first-order chi connectivity index (χ1) is 14.4. The Morgan fingerprint density at radius 3 is 2.60 bits per heavy atom. The van der Waals surface area contributed by atoms with Crippen molar-refractivity contribution in [2.75, 3.05) is 11.9 Å². The molecule has 0 spiro atoms. The van der Waals surface area contributed by atoms with Crippen LogP contribution in [0, 0.1) is 0 Å². The van der Waals surface area contributed by atoms with E-state index in [1.165, 1.54) is 0 Å². The Hall–Kier alpha value is -3.41. The van der Waals surface area contributed by atoms with Gasteiger partial charge in [0.15, 0.2) is 5.65 Å². The van der Waals surface area contributed by atoms with Gasteiger partial charge < -0.3 is 9.88 Å². The van der Waals surface area contributed by atoms with E-state index in [0.29, 0.717) is 0 Å². The van der Waals surface area contributed by atoms with Crippen LogP contribution in [0.2, 0.25) is 0 Å². The van der Waals surface area contributed by atoms with Crippen molar-refractivity contribution in [1.29, 1.82) is 0 Å². The van der Waals surface area contributed by atoms with Gasteiger partial charge in [-0.3, -0.25) is 4.40 Å². The molecule has 3 aromatic heterocycles. The van der Waals surface area contributed by atoms with Crippen LogP contribution in [0.1, 0.15) is 32.4 Å². The van der Waals surface area contributed by atoms with Gasteiger partial charge in [0.25, 0.3) is 0 Å². The molecule has 6 nitrogen and oxygen atoms in total. The van der Waals surface area contributed by atoms with E-state index in [9.17, 15) is 0 Å². The lowest BCUT2D eigenvalue weighted by molar-refractivity contribution is 0.539. The average Bonchev–Trinajstić information content (AvgIpc) is 3.30. The van der Waals surface area contributed by atoms with E-state index in [-0.39, 0.29) is 5.41 Å². The highest BCUT2D eigenvalue weighted by molar-refractivity contribution is 6.03. The van der Waals surface area contributed by atoms with Gasteiger partial charge in [0, 0.05) is 37.3 Å². The average molecular weight is 399 g/mol. The molecule has 0 aliphatic heterocycles. The number of aromatic nitrogens is 5. The molecule has 0 bridgehead atoms. The van der Waals surface area contributed by atoms with Gasteiger partial charge in [-0.25, -0.2) is 4.98 Å². The number of fused-ring (bicyclic) bond motifs is 4. The van der Waals surface area contributed by atoms with Crippen LogP contribution in [-0.2, 0) is 18.9 Å². The van der Waals surface area contributed by atoms with Gasteiger partial charge in [0.05, 0.1) is 16.4 Å². The van der Waals surface area contributed by atoms with Gasteiger partial charge in [0.2, 0.25) is 0 Å². The lowest BCUT2D eigenvalue weighted by atomic mass is 9.96. The van der Waals surface area contributed by atoms with Crippen molar-refractivity contribution >= 4 is 33.1 Å². The molecule has 3 heterocycles. The number of imidazole rings is 1. The molecule has 0 amide bonds. The number of anilines is 1. The third-order valence-electron chi connectivity index (χ3n) is 5.63. The Morgan fingerprint density at radius 2 is 1.80 bits per heavy atom. The maximum Gasteiger partial charge on any atom is 0.170 e. The van der Waals surface area contributed by atoms with E-state index in [4.69, 9.17) is 4.98 Å². The van der Waals surface area contributed by atoms with Gasteiger partial charge in [0.1, 0.15) is 11.6 Å². The van der Waals surface area contributed by atoms with Crippen LogP contribution in [0.5, 0.6) is 0 Å². The summed E-state index contributed by atoms with van der Waals surface area (Å²) in [4.78, 5) is 4.78.